The molecule has 0 spiro atoms. The lowest BCUT2D eigenvalue weighted by atomic mass is 10.3. The number of carbonyl (C=O) groups is 1. The van der Waals surface area contributed by atoms with E-state index >= 15 is 0 Å². The minimum absolute atomic E-state index is 0.0305. The van der Waals surface area contributed by atoms with Gasteiger partial charge in [0.15, 0.2) is 0 Å². The number of carbonyl (C=O) groups excluding carboxylic acids is 1. The molecule has 24 heavy (non-hydrogen) atoms. The zero-order chi connectivity index (χ0) is 17.1. The van der Waals surface area contributed by atoms with Crippen molar-refractivity contribution in [1.29, 1.82) is 5.26 Å². The van der Waals surface area contributed by atoms with Crippen LogP contribution in [0, 0.1) is 11.3 Å². The largest absolute Gasteiger partial charge is 0.382 e. The third kappa shape index (κ3) is 2.99. The SMILES string of the molecule is Cn1cncc1C(=O)N1CCCN(c2ncc(C#N)c(N)n2)CC1. The van der Waals surface area contributed by atoms with Crippen LogP contribution < -0.4 is 10.6 Å². The molecule has 0 saturated carbocycles. The zero-order valence-electron chi connectivity index (χ0n) is 13.4. The van der Waals surface area contributed by atoms with Crippen molar-refractivity contribution in [2.75, 3.05) is 36.8 Å². The third-order valence-corrected chi connectivity index (χ3v) is 4.03. The van der Waals surface area contributed by atoms with E-state index in [-0.39, 0.29) is 17.3 Å². The third-order valence-electron chi connectivity index (χ3n) is 4.03. The van der Waals surface area contributed by atoms with Gasteiger partial charge >= 0.3 is 0 Å². The summed E-state index contributed by atoms with van der Waals surface area (Å²) in [5.74, 6) is 0.632. The Labute approximate surface area is 139 Å². The van der Waals surface area contributed by atoms with Gasteiger partial charge in [-0.05, 0) is 6.42 Å². The molecule has 1 aliphatic heterocycles. The van der Waals surface area contributed by atoms with Gasteiger partial charge in [-0.15, -0.1) is 0 Å². The Hall–Kier alpha value is -3.15. The summed E-state index contributed by atoms with van der Waals surface area (Å²) in [6.07, 6.45) is 5.42. The van der Waals surface area contributed by atoms with Crippen LogP contribution >= 0.6 is 0 Å². The summed E-state index contributed by atoms with van der Waals surface area (Å²) in [5, 5.41) is 8.90. The minimum Gasteiger partial charge on any atom is -0.382 e. The summed E-state index contributed by atoms with van der Waals surface area (Å²) in [5.41, 5.74) is 6.60. The molecule has 3 heterocycles. The maximum atomic E-state index is 12.6. The highest BCUT2D eigenvalue weighted by atomic mass is 16.2. The molecule has 0 aliphatic carbocycles. The molecular formula is C15H18N8O. The predicted molar refractivity (Wildman–Crippen MR) is 87.1 cm³/mol. The second-order valence-corrected chi connectivity index (χ2v) is 5.60. The lowest BCUT2D eigenvalue weighted by Crippen LogP contribution is -2.36. The van der Waals surface area contributed by atoms with Crippen LogP contribution in [0.3, 0.4) is 0 Å². The van der Waals surface area contributed by atoms with E-state index < -0.39 is 0 Å². The summed E-state index contributed by atoms with van der Waals surface area (Å²) < 4.78 is 1.72. The Morgan fingerprint density at radius 1 is 1.29 bits per heavy atom. The van der Waals surface area contributed by atoms with E-state index in [0.717, 1.165) is 13.0 Å². The van der Waals surface area contributed by atoms with Gasteiger partial charge in [-0.3, -0.25) is 4.79 Å². The first-order chi connectivity index (χ1) is 11.6. The van der Waals surface area contributed by atoms with E-state index in [4.69, 9.17) is 11.0 Å². The van der Waals surface area contributed by atoms with Crippen molar-refractivity contribution in [2.45, 2.75) is 6.42 Å². The van der Waals surface area contributed by atoms with Gasteiger partial charge in [-0.2, -0.15) is 10.2 Å². The number of hydrogen-bond donors (Lipinski definition) is 1. The van der Waals surface area contributed by atoms with Crippen LogP contribution in [0.25, 0.3) is 0 Å². The van der Waals surface area contributed by atoms with E-state index in [0.29, 0.717) is 31.3 Å². The predicted octanol–water partition coefficient (Wildman–Crippen LogP) is 0.0165. The Morgan fingerprint density at radius 2 is 2.12 bits per heavy atom. The monoisotopic (exact) mass is 326 g/mol. The van der Waals surface area contributed by atoms with Crippen LogP contribution in [0.1, 0.15) is 22.5 Å². The Balaban J connectivity index is 1.71. The highest BCUT2D eigenvalue weighted by Crippen LogP contribution is 2.16. The molecule has 1 fully saturated rings. The van der Waals surface area contributed by atoms with Crippen LogP contribution in [0.4, 0.5) is 11.8 Å². The Morgan fingerprint density at radius 3 is 2.79 bits per heavy atom. The molecule has 0 aromatic carbocycles. The molecule has 2 aromatic heterocycles. The highest BCUT2D eigenvalue weighted by Gasteiger charge is 2.23. The molecule has 9 nitrogen and oxygen atoms in total. The number of nitriles is 1. The number of aromatic nitrogens is 4. The van der Waals surface area contributed by atoms with Gasteiger partial charge in [0.25, 0.3) is 5.91 Å². The number of nitrogens with two attached hydrogens (primary N) is 1. The van der Waals surface area contributed by atoms with Gasteiger partial charge in [0.05, 0.1) is 18.7 Å². The first kappa shape index (κ1) is 15.7. The minimum atomic E-state index is -0.0305. The van der Waals surface area contributed by atoms with Gasteiger partial charge < -0.3 is 20.1 Å². The molecule has 0 atom stereocenters. The quantitative estimate of drug-likeness (QED) is 0.826. The second-order valence-electron chi connectivity index (χ2n) is 5.60. The standard InChI is InChI=1S/C15H18N8O/c1-21-10-18-9-12(21)14(24)22-3-2-4-23(6-5-22)15-19-8-11(7-16)13(17)20-15/h8-10H,2-6H2,1H3,(H2,17,19,20). The van der Waals surface area contributed by atoms with Gasteiger partial charge in [-0.25, -0.2) is 9.97 Å². The molecule has 0 bridgehead atoms. The molecule has 124 valence electrons. The van der Waals surface area contributed by atoms with E-state index in [1.165, 1.54) is 6.20 Å². The van der Waals surface area contributed by atoms with Crippen LogP contribution in [0.5, 0.6) is 0 Å². The summed E-state index contributed by atoms with van der Waals surface area (Å²) >= 11 is 0. The van der Waals surface area contributed by atoms with Crippen molar-refractivity contribution in [3.63, 3.8) is 0 Å². The second kappa shape index (κ2) is 6.54. The normalized spacial score (nSPS) is 15.0. The Kier molecular flexibility index (Phi) is 4.29. The average Bonchev–Trinajstić information content (AvgIpc) is 2.86. The fraction of sp³-hybridized carbons (Fsp3) is 0.400. The van der Waals surface area contributed by atoms with Crippen molar-refractivity contribution < 1.29 is 4.79 Å². The topological polar surface area (TPSA) is 117 Å². The number of amides is 1. The summed E-state index contributed by atoms with van der Waals surface area (Å²) in [6.45, 7) is 2.55. The van der Waals surface area contributed by atoms with Crippen molar-refractivity contribution in [3.05, 3.63) is 30.0 Å². The van der Waals surface area contributed by atoms with Gasteiger partial charge in [0.2, 0.25) is 5.95 Å². The molecule has 0 unspecified atom stereocenters. The van der Waals surface area contributed by atoms with Crippen LogP contribution in [0.2, 0.25) is 0 Å². The fourth-order valence-corrected chi connectivity index (χ4v) is 2.67. The zero-order valence-corrected chi connectivity index (χ0v) is 13.4. The van der Waals surface area contributed by atoms with E-state index in [2.05, 4.69) is 15.0 Å². The van der Waals surface area contributed by atoms with E-state index in [1.54, 1.807) is 24.1 Å². The number of anilines is 2. The number of hydrogen-bond acceptors (Lipinski definition) is 7. The molecule has 9 heteroatoms. The van der Waals surface area contributed by atoms with Gasteiger partial charge in [0, 0.05) is 33.2 Å². The summed E-state index contributed by atoms with van der Waals surface area (Å²) in [4.78, 5) is 28.8. The first-order valence-electron chi connectivity index (χ1n) is 7.63. The number of nitrogens with zero attached hydrogens (tertiary/aromatic N) is 7. The highest BCUT2D eigenvalue weighted by molar-refractivity contribution is 5.92. The summed E-state index contributed by atoms with van der Waals surface area (Å²) in [6, 6.07) is 1.95. The lowest BCUT2D eigenvalue weighted by Gasteiger charge is -2.22. The molecule has 1 amide bonds. The lowest BCUT2D eigenvalue weighted by molar-refractivity contribution is 0.0757. The van der Waals surface area contributed by atoms with Crippen molar-refractivity contribution in [1.82, 2.24) is 24.4 Å². The molecule has 2 aromatic rings. The van der Waals surface area contributed by atoms with Crippen LogP contribution in [-0.2, 0) is 7.05 Å². The van der Waals surface area contributed by atoms with Crippen molar-refractivity contribution in [2.24, 2.45) is 7.05 Å². The molecule has 1 saturated heterocycles. The molecular weight excluding hydrogens is 308 g/mol. The average molecular weight is 326 g/mol. The van der Waals surface area contributed by atoms with Gasteiger partial charge in [0.1, 0.15) is 23.1 Å². The van der Waals surface area contributed by atoms with Crippen LogP contribution in [-0.4, -0.2) is 56.5 Å². The van der Waals surface area contributed by atoms with Crippen molar-refractivity contribution in [3.8, 4) is 6.07 Å². The smallest absolute Gasteiger partial charge is 0.272 e. The number of imidazole rings is 1. The number of aryl methyl sites for hydroxylation is 1. The van der Waals surface area contributed by atoms with Crippen molar-refractivity contribution >= 4 is 17.7 Å². The maximum absolute atomic E-state index is 12.6. The Bertz CT molecular complexity index is 793. The number of nitrogen functional groups attached to an aromatic ring is 1. The first-order valence-corrected chi connectivity index (χ1v) is 7.63. The summed E-state index contributed by atoms with van der Waals surface area (Å²) in [7, 11) is 1.80. The maximum Gasteiger partial charge on any atom is 0.272 e. The molecule has 1 aliphatic rings. The van der Waals surface area contributed by atoms with Crippen LogP contribution in [0.15, 0.2) is 18.7 Å². The van der Waals surface area contributed by atoms with E-state index in [1.807, 2.05) is 15.9 Å². The molecule has 3 rings (SSSR count). The fourth-order valence-electron chi connectivity index (χ4n) is 2.67. The van der Waals surface area contributed by atoms with Gasteiger partial charge in [-0.1, -0.05) is 0 Å². The number of rotatable bonds is 2. The molecule has 0 radical (unpaired) electrons. The molecule has 2 N–H and O–H groups in total. The van der Waals surface area contributed by atoms with E-state index in [9.17, 15) is 4.79 Å².